The normalized spacial score (nSPS) is 6.50. The van der Waals surface area contributed by atoms with Gasteiger partial charge in [0.1, 0.15) is 0 Å². The lowest BCUT2D eigenvalue weighted by Gasteiger charge is -1.81. The Bertz CT molecular complexity index is 23.5. The van der Waals surface area contributed by atoms with Gasteiger partial charge in [0.15, 0.2) is 0 Å². The fraction of sp³-hybridized carbons (Fsp3) is 0. The molecule has 0 aliphatic heterocycles. The molecule has 3 radical (unpaired) electrons. The minimum atomic E-state index is -0.120. The Labute approximate surface area is 65.4 Å². The molecule has 0 aromatic rings. The van der Waals surface area contributed by atoms with Gasteiger partial charge in [-0.25, -0.2) is 0 Å². The summed E-state index contributed by atoms with van der Waals surface area (Å²) in [5, 5.41) is 7.63. The molecular weight excluding hydrogens is 307 g/mol. The van der Waals surface area contributed by atoms with Crippen LogP contribution in [0.3, 0.4) is 0 Å². The monoisotopic (exact) mass is 309 g/mol. The maximum Gasteiger partial charge on any atom is 0.474 e. The Morgan fingerprint density at radius 1 is 1.50 bits per heavy atom. The van der Waals surface area contributed by atoms with Crippen molar-refractivity contribution in [3.8, 4) is 0 Å². The van der Waals surface area contributed by atoms with Gasteiger partial charge in [0.05, 0.1) is 0 Å². The van der Waals surface area contributed by atoms with Crippen molar-refractivity contribution < 1.29 is 10.1 Å². The van der Waals surface area contributed by atoms with Crippen molar-refractivity contribution in [1.29, 1.82) is 0 Å². The summed E-state index contributed by atoms with van der Waals surface area (Å²) in [6, 6.07) is 0. The second-order valence-electron chi connectivity index (χ2n) is 0.366. The summed E-state index contributed by atoms with van der Waals surface area (Å²) in [6.45, 7) is 0. The average Bonchev–Trinajstić information content (AvgIpc) is 1.38. The minimum Gasteiger partial charge on any atom is -0.278 e. The quantitative estimate of drug-likeness (QED) is 0.338. The first-order chi connectivity index (χ1) is 2.27. The molecule has 0 heterocycles. The van der Waals surface area contributed by atoms with Crippen molar-refractivity contribution in [3.05, 3.63) is 0 Å². The SMILES string of the molecule is OOB(I)I.[B]. The molecule has 6 heteroatoms. The largest absolute Gasteiger partial charge is 0.474 e. The number of hydrogen-bond acceptors (Lipinski definition) is 2. The van der Waals surface area contributed by atoms with Crippen LogP contribution in [0.5, 0.6) is 0 Å². The lowest BCUT2D eigenvalue weighted by molar-refractivity contribution is -0.133. The fourth-order valence-electron chi connectivity index (χ4n) is 0. The first-order valence-corrected chi connectivity index (χ1v) is 3.35. The molecular formula is HB2I2O2. The second kappa shape index (κ2) is 6.51. The first-order valence-electron chi connectivity index (χ1n) is 0.855. The Morgan fingerprint density at radius 3 is 1.67 bits per heavy atom. The van der Waals surface area contributed by atoms with Gasteiger partial charge in [-0.05, 0) is 0 Å². The third-order valence-corrected chi connectivity index (χ3v) is 0.535. The minimum absolute atomic E-state index is 0. The topological polar surface area (TPSA) is 29.5 Å². The fourth-order valence-corrected chi connectivity index (χ4v) is 0. The van der Waals surface area contributed by atoms with Crippen LogP contribution in [0, 0.1) is 0 Å². The van der Waals surface area contributed by atoms with Gasteiger partial charge in [-0.2, -0.15) is 0 Å². The zero-order valence-corrected chi connectivity index (χ0v) is 7.08. The summed E-state index contributed by atoms with van der Waals surface area (Å²) >= 11 is 3.84. The van der Waals surface area contributed by atoms with E-state index in [1.165, 1.54) is 0 Å². The average molecular weight is 308 g/mol. The van der Waals surface area contributed by atoms with Crippen molar-refractivity contribution in [2.24, 2.45) is 0 Å². The molecule has 0 spiro atoms. The molecule has 0 amide bonds. The highest BCUT2D eigenvalue weighted by molar-refractivity contribution is 14.3. The smallest absolute Gasteiger partial charge is 0.278 e. The van der Waals surface area contributed by atoms with Crippen LogP contribution in [-0.4, -0.2) is 16.3 Å². The van der Waals surface area contributed by atoms with E-state index < -0.39 is 0 Å². The summed E-state index contributed by atoms with van der Waals surface area (Å²) in [6.07, 6.45) is 0. The van der Waals surface area contributed by atoms with Crippen molar-refractivity contribution in [2.45, 2.75) is 0 Å². The van der Waals surface area contributed by atoms with E-state index in [-0.39, 0.29) is 11.0 Å². The van der Waals surface area contributed by atoms with Crippen LogP contribution in [0.2, 0.25) is 0 Å². The maximum atomic E-state index is 7.63. The molecule has 0 bridgehead atoms. The van der Waals surface area contributed by atoms with E-state index >= 15 is 0 Å². The lowest BCUT2D eigenvalue weighted by Crippen LogP contribution is -1.91. The van der Waals surface area contributed by atoms with Gasteiger partial charge in [0.2, 0.25) is 0 Å². The van der Waals surface area contributed by atoms with Crippen LogP contribution in [0.1, 0.15) is 0 Å². The predicted octanol–water partition coefficient (Wildman–Crippen LogP) is 0.950. The van der Waals surface area contributed by atoms with Crippen LogP contribution in [0.4, 0.5) is 0 Å². The summed E-state index contributed by atoms with van der Waals surface area (Å²) in [5.41, 5.74) is 0. The Kier molecular flexibility index (Phi) is 11.4. The van der Waals surface area contributed by atoms with E-state index in [9.17, 15) is 0 Å². The van der Waals surface area contributed by atoms with Crippen molar-refractivity contribution in [3.63, 3.8) is 0 Å². The summed E-state index contributed by atoms with van der Waals surface area (Å²) < 4.78 is -0.120. The van der Waals surface area contributed by atoms with E-state index in [0.29, 0.717) is 0 Å². The highest BCUT2D eigenvalue weighted by atomic mass is 127. The second-order valence-corrected chi connectivity index (χ2v) is 5.01. The number of hydrogen-bond donors (Lipinski definition) is 1. The van der Waals surface area contributed by atoms with Gasteiger partial charge >= 0.3 is 2.63 Å². The van der Waals surface area contributed by atoms with Gasteiger partial charge in [-0.15, -0.1) is 0 Å². The summed E-state index contributed by atoms with van der Waals surface area (Å²) in [7, 11) is 0. The number of rotatable bonds is 1. The zero-order chi connectivity index (χ0) is 4.28. The summed E-state index contributed by atoms with van der Waals surface area (Å²) in [5.74, 6) is 0. The molecule has 0 aliphatic rings. The molecule has 6 heavy (non-hydrogen) atoms. The Balaban J connectivity index is 0. The Hall–Kier alpha value is 1.51. The zero-order valence-electron chi connectivity index (χ0n) is 2.77. The van der Waals surface area contributed by atoms with Crippen LogP contribution in [0.15, 0.2) is 0 Å². The molecule has 0 saturated carbocycles. The van der Waals surface area contributed by atoms with Crippen molar-refractivity contribution >= 4 is 55.8 Å². The van der Waals surface area contributed by atoms with Crippen LogP contribution in [0.25, 0.3) is 0 Å². The van der Waals surface area contributed by atoms with Crippen LogP contribution >= 0.6 is 44.7 Å². The third kappa shape index (κ3) is 9.10. The predicted molar refractivity (Wildman–Crippen MR) is 43.3 cm³/mol. The van der Waals surface area contributed by atoms with E-state index in [1.54, 1.807) is 0 Å². The van der Waals surface area contributed by atoms with Crippen molar-refractivity contribution in [2.75, 3.05) is 0 Å². The molecule has 33 valence electrons. The third-order valence-electron chi connectivity index (χ3n) is 0.0797. The van der Waals surface area contributed by atoms with Crippen LogP contribution < -0.4 is 0 Å². The van der Waals surface area contributed by atoms with E-state index in [2.05, 4.69) is 4.81 Å². The van der Waals surface area contributed by atoms with Crippen molar-refractivity contribution in [1.82, 2.24) is 0 Å². The molecule has 0 aromatic carbocycles. The van der Waals surface area contributed by atoms with Crippen LogP contribution in [-0.2, 0) is 4.81 Å². The molecule has 0 unspecified atom stereocenters. The number of halogens is 2. The molecule has 0 saturated heterocycles. The summed E-state index contributed by atoms with van der Waals surface area (Å²) in [4.78, 5) is 3.72. The van der Waals surface area contributed by atoms with Gasteiger partial charge in [0, 0.05) is 8.41 Å². The van der Waals surface area contributed by atoms with Gasteiger partial charge in [-0.1, -0.05) is 44.7 Å². The highest BCUT2D eigenvalue weighted by Gasteiger charge is 1.99. The van der Waals surface area contributed by atoms with E-state index in [0.717, 1.165) is 0 Å². The highest BCUT2D eigenvalue weighted by Crippen LogP contribution is 2.01. The first kappa shape index (κ1) is 10.5. The molecule has 2 nitrogen and oxygen atoms in total. The van der Waals surface area contributed by atoms with Gasteiger partial charge in [0.25, 0.3) is 0 Å². The van der Waals surface area contributed by atoms with Gasteiger partial charge in [-0.3, -0.25) is 10.1 Å². The Morgan fingerprint density at radius 2 is 1.67 bits per heavy atom. The van der Waals surface area contributed by atoms with Gasteiger partial charge < -0.3 is 0 Å². The molecule has 0 atom stereocenters. The van der Waals surface area contributed by atoms with E-state index in [1.807, 2.05) is 44.7 Å². The molecule has 1 N–H and O–H groups in total. The van der Waals surface area contributed by atoms with E-state index in [4.69, 9.17) is 5.26 Å². The molecule has 0 rings (SSSR count). The molecule has 0 fully saturated rings. The molecule has 0 aliphatic carbocycles. The lowest BCUT2D eigenvalue weighted by atomic mass is 10.6. The molecule has 0 aromatic heterocycles. The standard InChI is InChI=1S/BHI2O2.B/c2-1(3)5-4;/h4H;. The maximum absolute atomic E-state index is 7.63.